The van der Waals surface area contributed by atoms with Crippen LogP contribution in [0.5, 0.6) is 5.75 Å². The van der Waals surface area contributed by atoms with E-state index in [1.807, 2.05) is 29.2 Å². The Balaban J connectivity index is 1.59. The molecular formula is C20H26N2O4S2. The van der Waals surface area contributed by atoms with Crippen LogP contribution in [-0.4, -0.2) is 49.4 Å². The summed E-state index contributed by atoms with van der Waals surface area (Å²) in [6.45, 7) is 0. The Morgan fingerprint density at radius 2 is 2.00 bits per heavy atom. The highest BCUT2D eigenvalue weighted by Crippen LogP contribution is 2.43. The van der Waals surface area contributed by atoms with Crippen LogP contribution in [0.2, 0.25) is 0 Å². The standard InChI is InChI=1S/C20H26N2O4S2/c1-26-17-9-5-4-8-15(17)22-16-12-28(24,25)13-18(16)27-20(22)21-19(23)11-10-14-6-2-3-7-14/h4-5,8-9,14,16,18H,2-3,6-7,10-13H2,1H3/t16-,18+/m1/s1. The lowest BCUT2D eigenvalue weighted by Crippen LogP contribution is -2.38. The Hall–Kier alpha value is -1.54. The van der Waals surface area contributed by atoms with E-state index in [9.17, 15) is 13.2 Å². The molecule has 6 nitrogen and oxygen atoms in total. The molecule has 0 radical (unpaired) electrons. The molecule has 2 atom stereocenters. The summed E-state index contributed by atoms with van der Waals surface area (Å²) in [6, 6.07) is 7.28. The average molecular weight is 423 g/mol. The highest BCUT2D eigenvalue weighted by atomic mass is 32.2. The molecule has 3 aliphatic rings. The maximum Gasteiger partial charge on any atom is 0.248 e. The molecule has 0 N–H and O–H groups in total. The molecule has 4 rings (SSSR count). The molecule has 1 aromatic rings. The van der Waals surface area contributed by atoms with Crippen molar-refractivity contribution in [3.63, 3.8) is 0 Å². The second-order valence-electron chi connectivity index (χ2n) is 7.82. The van der Waals surface area contributed by atoms with Gasteiger partial charge >= 0.3 is 0 Å². The lowest BCUT2D eigenvalue weighted by Gasteiger charge is -2.26. The molecule has 0 unspecified atom stereocenters. The van der Waals surface area contributed by atoms with Crippen molar-refractivity contribution in [3.8, 4) is 5.75 Å². The second-order valence-corrected chi connectivity index (χ2v) is 11.2. The largest absolute Gasteiger partial charge is 0.495 e. The molecule has 0 spiro atoms. The quantitative estimate of drug-likeness (QED) is 0.725. The number of rotatable bonds is 5. The number of nitrogens with zero attached hydrogens (tertiary/aromatic N) is 2. The molecule has 28 heavy (non-hydrogen) atoms. The zero-order chi connectivity index (χ0) is 19.7. The van der Waals surface area contributed by atoms with Gasteiger partial charge in [-0.05, 0) is 24.5 Å². The Bertz CT molecular complexity index is 878. The number of hydrogen-bond acceptors (Lipinski definition) is 5. The number of sulfone groups is 1. The molecule has 1 saturated carbocycles. The van der Waals surface area contributed by atoms with Crippen LogP contribution in [0.15, 0.2) is 29.3 Å². The molecule has 2 heterocycles. The molecule has 152 valence electrons. The van der Waals surface area contributed by atoms with Gasteiger partial charge in [0.15, 0.2) is 15.0 Å². The summed E-state index contributed by atoms with van der Waals surface area (Å²) < 4.78 is 29.8. The number of carbonyl (C=O) groups excluding carboxylic acids is 1. The van der Waals surface area contributed by atoms with Crippen LogP contribution in [0.3, 0.4) is 0 Å². The maximum atomic E-state index is 12.6. The molecule has 2 saturated heterocycles. The summed E-state index contributed by atoms with van der Waals surface area (Å²) in [7, 11) is -1.49. The minimum absolute atomic E-state index is 0.0813. The summed E-state index contributed by atoms with van der Waals surface area (Å²) in [5.41, 5.74) is 0.768. The van der Waals surface area contributed by atoms with E-state index in [-0.39, 0.29) is 28.7 Å². The maximum absolute atomic E-state index is 12.6. The van der Waals surface area contributed by atoms with Crippen LogP contribution in [-0.2, 0) is 14.6 Å². The number of hydrogen-bond donors (Lipinski definition) is 0. The van der Waals surface area contributed by atoms with E-state index in [1.54, 1.807) is 7.11 Å². The van der Waals surface area contributed by atoms with Crippen molar-refractivity contribution < 1.29 is 17.9 Å². The van der Waals surface area contributed by atoms with Gasteiger partial charge in [-0.2, -0.15) is 4.99 Å². The summed E-state index contributed by atoms with van der Waals surface area (Å²) in [6.07, 6.45) is 6.32. The summed E-state index contributed by atoms with van der Waals surface area (Å²) in [4.78, 5) is 18.9. The van der Waals surface area contributed by atoms with E-state index in [0.717, 1.165) is 12.1 Å². The number of amides is 1. The minimum atomic E-state index is -3.08. The number of ether oxygens (including phenoxy) is 1. The number of carbonyl (C=O) groups is 1. The monoisotopic (exact) mass is 422 g/mol. The van der Waals surface area contributed by atoms with Gasteiger partial charge in [-0.3, -0.25) is 4.79 Å². The fraction of sp³-hybridized carbons (Fsp3) is 0.600. The van der Waals surface area contributed by atoms with E-state index in [2.05, 4.69) is 4.99 Å². The Morgan fingerprint density at radius 1 is 1.25 bits per heavy atom. The van der Waals surface area contributed by atoms with Crippen LogP contribution in [0, 0.1) is 5.92 Å². The first-order valence-electron chi connectivity index (χ1n) is 9.88. The van der Waals surface area contributed by atoms with E-state index >= 15 is 0 Å². The van der Waals surface area contributed by atoms with Gasteiger partial charge in [0.25, 0.3) is 0 Å². The number of thioether (sulfide) groups is 1. The third-order valence-electron chi connectivity index (χ3n) is 5.87. The summed E-state index contributed by atoms with van der Waals surface area (Å²) in [5.74, 6) is 1.40. The highest BCUT2D eigenvalue weighted by Gasteiger charge is 2.50. The van der Waals surface area contributed by atoms with Gasteiger partial charge in [-0.1, -0.05) is 49.6 Å². The molecule has 8 heteroatoms. The van der Waals surface area contributed by atoms with E-state index in [4.69, 9.17) is 4.74 Å². The minimum Gasteiger partial charge on any atom is -0.495 e. The van der Waals surface area contributed by atoms with Gasteiger partial charge in [0, 0.05) is 11.7 Å². The Morgan fingerprint density at radius 3 is 2.75 bits per heavy atom. The number of fused-ring (bicyclic) bond motifs is 1. The molecule has 0 bridgehead atoms. The number of methoxy groups -OCH3 is 1. The second kappa shape index (κ2) is 8.06. The van der Waals surface area contributed by atoms with Gasteiger partial charge in [-0.15, -0.1) is 0 Å². The highest BCUT2D eigenvalue weighted by molar-refractivity contribution is 8.16. The van der Waals surface area contributed by atoms with Crippen LogP contribution in [0.4, 0.5) is 5.69 Å². The fourth-order valence-electron chi connectivity index (χ4n) is 4.46. The fourth-order valence-corrected chi connectivity index (χ4v) is 8.39. The predicted molar refractivity (Wildman–Crippen MR) is 113 cm³/mol. The van der Waals surface area contributed by atoms with Crippen molar-refractivity contribution in [2.75, 3.05) is 23.5 Å². The van der Waals surface area contributed by atoms with Crippen molar-refractivity contribution in [2.24, 2.45) is 10.9 Å². The topological polar surface area (TPSA) is 76.0 Å². The first kappa shape index (κ1) is 19.8. The number of aliphatic imine (C=N–C) groups is 1. The number of amidine groups is 1. The summed E-state index contributed by atoms with van der Waals surface area (Å²) in [5, 5.41) is 0.502. The third-order valence-corrected chi connectivity index (χ3v) is 9.08. The number of anilines is 1. The molecule has 3 fully saturated rings. The van der Waals surface area contributed by atoms with Crippen molar-refractivity contribution in [3.05, 3.63) is 24.3 Å². The third kappa shape index (κ3) is 4.08. The molecule has 1 aromatic carbocycles. The van der Waals surface area contributed by atoms with Crippen LogP contribution < -0.4 is 9.64 Å². The number of benzene rings is 1. The van der Waals surface area contributed by atoms with E-state index < -0.39 is 9.84 Å². The van der Waals surface area contributed by atoms with Crippen LogP contribution >= 0.6 is 11.8 Å². The van der Waals surface area contributed by atoms with Crippen LogP contribution in [0.25, 0.3) is 0 Å². The Kier molecular flexibility index (Phi) is 5.69. The zero-order valence-corrected chi connectivity index (χ0v) is 17.7. The predicted octanol–water partition coefficient (Wildman–Crippen LogP) is 3.27. The smallest absolute Gasteiger partial charge is 0.248 e. The lowest BCUT2D eigenvalue weighted by atomic mass is 10.0. The molecule has 2 aliphatic heterocycles. The van der Waals surface area contributed by atoms with Crippen LogP contribution in [0.1, 0.15) is 38.5 Å². The van der Waals surface area contributed by atoms with Gasteiger partial charge in [0.05, 0.1) is 30.3 Å². The zero-order valence-electron chi connectivity index (χ0n) is 16.0. The SMILES string of the molecule is COc1ccccc1N1C(=NC(=O)CCC2CCCC2)S[C@H]2CS(=O)(=O)C[C@H]21. The molecule has 1 amide bonds. The normalized spacial score (nSPS) is 28.0. The van der Waals surface area contributed by atoms with Gasteiger partial charge in [0.1, 0.15) is 5.75 Å². The average Bonchev–Trinajstić information content (AvgIpc) is 3.34. The Labute approximate surface area is 170 Å². The van der Waals surface area contributed by atoms with Gasteiger partial charge in [0.2, 0.25) is 5.91 Å². The van der Waals surface area contributed by atoms with E-state index in [1.165, 1.54) is 37.4 Å². The lowest BCUT2D eigenvalue weighted by molar-refractivity contribution is -0.118. The van der Waals surface area contributed by atoms with Crippen molar-refractivity contribution in [1.29, 1.82) is 0 Å². The van der Waals surface area contributed by atoms with E-state index in [0.29, 0.717) is 23.3 Å². The molecule has 1 aliphatic carbocycles. The number of para-hydroxylation sites is 2. The first-order valence-corrected chi connectivity index (χ1v) is 12.6. The first-order chi connectivity index (χ1) is 13.5. The van der Waals surface area contributed by atoms with Crippen molar-refractivity contribution >= 4 is 38.4 Å². The van der Waals surface area contributed by atoms with Gasteiger partial charge < -0.3 is 9.64 Å². The van der Waals surface area contributed by atoms with Crippen molar-refractivity contribution in [1.82, 2.24) is 0 Å². The summed E-state index contributed by atoms with van der Waals surface area (Å²) >= 11 is 1.41. The van der Waals surface area contributed by atoms with Gasteiger partial charge in [-0.25, -0.2) is 8.42 Å². The molecule has 0 aromatic heterocycles. The molecular weight excluding hydrogens is 396 g/mol. The van der Waals surface area contributed by atoms with Crippen molar-refractivity contribution in [2.45, 2.75) is 49.8 Å².